The Hall–Kier alpha value is -2.53. The summed E-state index contributed by atoms with van der Waals surface area (Å²) in [6, 6.07) is 13.2. The topological polar surface area (TPSA) is 45.1 Å². The lowest BCUT2D eigenvalue weighted by Crippen LogP contribution is -2.13. The minimum Gasteiger partial charge on any atom is -0.396 e. The van der Waals surface area contributed by atoms with Crippen molar-refractivity contribution >= 4 is 16.6 Å². The van der Waals surface area contributed by atoms with Crippen LogP contribution in [-0.4, -0.2) is 16.7 Å². The molecule has 1 aromatic heterocycles. The Kier molecular flexibility index (Phi) is 4.48. The van der Waals surface area contributed by atoms with Gasteiger partial charge in [0.05, 0.1) is 6.04 Å². The van der Waals surface area contributed by atoms with Crippen LogP contribution < -0.4 is 5.32 Å². The van der Waals surface area contributed by atoms with E-state index in [1.807, 2.05) is 30.3 Å². The molecule has 3 aromatic rings. The average molecular weight is 314 g/mol. The van der Waals surface area contributed by atoms with E-state index in [9.17, 15) is 13.9 Å². The van der Waals surface area contributed by atoms with Crippen molar-refractivity contribution in [2.75, 3.05) is 11.9 Å². The second-order valence-corrected chi connectivity index (χ2v) is 5.26. The quantitative estimate of drug-likeness (QED) is 0.747. The molecule has 2 N–H and O–H groups in total. The predicted molar refractivity (Wildman–Crippen MR) is 86.2 cm³/mol. The lowest BCUT2D eigenvalue weighted by Gasteiger charge is -2.20. The molecule has 23 heavy (non-hydrogen) atoms. The number of nitrogens with zero attached hydrogens (tertiary/aromatic N) is 1. The summed E-state index contributed by atoms with van der Waals surface area (Å²) in [5.41, 5.74) is 1.69. The summed E-state index contributed by atoms with van der Waals surface area (Å²) >= 11 is 0. The van der Waals surface area contributed by atoms with Crippen molar-refractivity contribution in [1.82, 2.24) is 4.98 Å². The number of halogens is 2. The van der Waals surface area contributed by atoms with Gasteiger partial charge in [-0.3, -0.25) is 4.98 Å². The van der Waals surface area contributed by atoms with Crippen molar-refractivity contribution in [2.45, 2.75) is 12.5 Å². The molecule has 0 aliphatic rings. The smallest absolute Gasteiger partial charge is 0.152 e. The van der Waals surface area contributed by atoms with Gasteiger partial charge in [0.25, 0.3) is 0 Å². The number of hydrogen-bond acceptors (Lipinski definition) is 3. The number of benzene rings is 2. The molecule has 0 saturated heterocycles. The number of aromatic nitrogens is 1. The lowest BCUT2D eigenvalue weighted by atomic mass is 10.0. The number of rotatable bonds is 5. The second-order valence-electron chi connectivity index (χ2n) is 5.26. The molecule has 0 saturated carbocycles. The molecule has 5 heteroatoms. The van der Waals surface area contributed by atoms with Gasteiger partial charge in [0.1, 0.15) is 11.3 Å². The molecule has 0 unspecified atom stereocenters. The number of fused-ring (bicyclic) bond motifs is 1. The Balaban J connectivity index is 2.02. The standard InChI is InChI=1S/C18H16F2N2O/c19-13-10-14-17(6-8-21-18(14)15(20)11-13)22-16(7-9-23)12-4-2-1-3-5-12/h1-6,8,10-11,16,23H,7,9H2,(H,21,22)/t16-/m1/s1. The van der Waals surface area contributed by atoms with Gasteiger partial charge in [-0.1, -0.05) is 30.3 Å². The van der Waals surface area contributed by atoms with Crippen molar-refractivity contribution in [3.63, 3.8) is 0 Å². The second kappa shape index (κ2) is 6.71. The summed E-state index contributed by atoms with van der Waals surface area (Å²) in [5, 5.41) is 12.9. The van der Waals surface area contributed by atoms with E-state index in [0.717, 1.165) is 11.6 Å². The summed E-state index contributed by atoms with van der Waals surface area (Å²) in [7, 11) is 0. The zero-order chi connectivity index (χ0) is 16.2. The molecule has 0 aliphatic carbocycles. The lowest BCUT2D eigenvalue weighted by molar-refractivity contribution is 0.280. The molecule has 0 bridgehead atoms. The summed E-state index contributed by atoms with van der Waals surface area (Å²) < 4.78 is 27.4. The maximum absolute atomic E-state index is 13.9. The summed E-state index contributed by atoms with van der Waals surface area (Å²) in [5.74, 6) is -1.34. The largest absolute Gasteiger partial charge is 0.396 e. The molecule has 3 rings (SSSR count). The fraction of sp³-hybridized carbons (Fsp3) is 0.167. The van der Waals surface area contributed by atoms with E-state index in [0.29, 0.717) is 17.5 Å². The fourth-order valence-electron chi connectivity index (χ4n) is 2.63. The molecule has 2 aromatic carbocycles. The minimum absolute atomic E-state index is 0.00169. The van der Waals surface area contributed by atoms with E-state index in [-0.39, 0.29) is 18.2 Å². The first kappa shape index (κ1) is 15.4. The molecule has 0 fully saturated rings. The van der Waals surface area contributed by atoms with Crippen molar-refractivity contribution in [2.24, 2.45) is 0 Å². The SMILES string of the molecule is OCC[C@@H](Nc1ccnc2c(F)cc(F)cc12)c1ccccc1. The third-order valence-electron chi connectivity index (χ3n) is 3.71. The molecular formula is C18H16F2N2O. The fourth-order valence-corrected chi connectivity index (χ4v) is 2.63. The van der Waals surface area contributed by atoms with Gasteiger partial charge in [0, 0.05) is 29.9 Å². The van der Waals surface area contributed by atoms with Crippen LogP contribution in [0.4, 0.5) is 14.5 Å². The highest BCUT2D eigenvalue weighted by molar-refractivity contribution is 5.91. The third kappa shape index (κ3) is 3.29. The van der Waals surface area contributed by atoms with Crippen LogP contribution in [0.15, 0.2) is 54.7 Å². The van der Waals surface area contributed by atoms with E-state index in [1.54, 1.807) is 6.07 Å². The van der Waals surface area contributed by atoms with E-state index >= 15 is 0 Å². The Labute approximate surface area is 132 Å². The molecule has 3 nitrogen and oxygen atoms in total. The van der Waals surface area contributed by atoms with Crippen molar-refractivity contribution in [3.8, 4) is 0 Å². The molecule has 1 atom stereocenters. The molecule has 118 valence electrons. The Bertz CT molecular complexity index is 809. The van der Waals surface area contributed by atoms with Crippen LogP contribution >= 0.6 is 0 Å². The highest BCUT2D eigenvalue weighted by Crippen LogP contribution is 2.29. The molecular weight excluding hydrogens is 298 g/mol. The first-order chi connectivity index (χ1) is 11.2. The highest BCUT2D eigenvalue weighted by atomic mass is 19.1. The van der Waals surface area contributed by atoms with Gasteiger partial charge in [-0.15, -0.1) is 0 Å². The van der Waals surface area contributed by atoms with Crippen LogP contribution in [-0.2, 0) is 0 Å². The van der Waals surface area contributed by atoms with Crippen molar-refractivity contribution in [3.05, 3.63) is 71.9 Å². The van der Waals surface area contributed by atoms with Gasteiger partial charge in [0.2, 0.25) is 0 Å². The van der Waals surface area contributed by atoms with E-state index in [2.05, 4.69) is 10.3 Å². The molecule has 0 amide bonds. The zero-order valence-corrected chi connectivity index (χ0v) is 12.3. The summed E-state index contributed by atoms with van der Waals surface area (Å²) in [6.45, 7) is -0.00169. The highest BCUT2D eigenvalue weighted by Gasteiger charge is 2.14. The van der Waals surface area contributed by atoms with Gasteiger partial charge < -0.3 is 10.4 Å². The maximum Gasteiger partial charge on any atom is 0.152 e. The Morgan fingerprint density at radius 2 is 1.87 bits per heavy atom. The molecule has 0 aliphatic heterocycles. The number of aliphatic hydroxyl groups is 1. The number of aliphatic hydroxyl groups excluding tert-OH is 1. The van der Waals surface area contributed by atoms with Gasteiger partial charge >= 0.3 is 0 Å². The van der Waals surface area contributed by atoms with Crippen LogP contribution in [0.1, 0.15) is 18.0 Å². The van der Waals surface area contributed by atoms with Gasteiger partial charge in [-0.2, -0.15) is 0 Å². The molecule has 1 heterocycles. The first-order valence-electron chi connectivity index (χ1n) is 7.35. The van der Waals surface area contributed by atoms with Crippen LogP contribution in [0.3, 0.4) is 0 Å². The zero-order valence-electron chi connectivity index (χ0n) is 12.3. The third-order valence-corrected chi connectivity index (χ3v) is 3.71. The predicted octanol–water partition coefficient (Wildman–Crippen LogP) is 4.05. The van der Waals surface area contributed by atoms with Crippen LogP contribution in [0.5, 0.6) is 0 Å². The van der Waals surface area contributed by atoms with Crippen LogP contribution in [0.2, 0.25) is 0 Å². The molecule has 0 radical (unpaired) electrons. The van der Waals surface area contributed by atoms with Gasteiger partial charge in [0.15, 0.2) is 5.82 Å². The monoisotopic (exact) mass is 314 g/mol. The van der Waals surface area contributed by atoms with Crippen LogP contribution in [0.25, 0.3) is 10.9 Å². The Morgan fingerprint density at radius 1 is 1.09 bits per heavy atom. The molecule has 0 spiro atoms. The number of nitrogens with one attached hydrogen (secondary N) is 1. The first-order valence-corrected chi connectivity index (χ1v) is 7.35. The van der Waals surface area contributed by atoms with Crippen LogP contribution in [0, 0.1) is 11.6 Å². The van der Waals surface area contributed by atoms with E-state index in [4.69, 9.17) is 0 Å². The van der Waals surface area contributed by atoms with Gasteiger partial charge in [-0.25, -0.2) is 8.78 Å². The average Bonchev–Trinajstić information content (AvgIpc) is 2.56. The van der Waals surface area contributed by atoms with Crippen molar-refractivity contribution in [1.29, 1.82) is 0 Å². The maximum atomic E-state index is 13.9. The summed E-state index contributed by atoms with van der Waals surface area (Å²) in [6.07, 6.45) is 1.96. The normalized spacial score (nSPS) is 12.3. The minimum atomic E-state index is -0.693. The Morgan fingerprint density at radius 3 is 2.61 bits per heavy atom. The van der Waals surface area contributed by atoms with E-state index < -0.39 is 11.6 Å². The van der Waals surface area contributed by atoms with Crippen molar-refractivity contribution < 1.29 is 13.9 Å². The van der Waals surface area contributed by atoms with Gasteiger partial charge in [-0.05, 0) is 24.1 Å². The number of pyridine rings is 1. The number of anilines is 1. The van der Waals surface area contributed by atoms with E-state index in [1.165, 1.54) is 12.3 Å². The number of hydrogen-bond donors (Lipinski definition) is 2. The summed E-state index contributed by atoms with van der Waals surface area (Å²) in [4.78, 5) is 3.98.